The van der Waals surface area contributed by atoms with Crippen molar-refractivity contribution in [3.63, 3.8) is 0 Å². The van der Waals surface area contributed by atoms with E-state index in [9.17, 15) is 8.42 Å². The number of hydrogen-bond donors (Lipinski definition) is 1. The monoisotopic (exact) mass is 307 g/mol. The van der Waals surface area contributed by atoms with Gasteiger partial charge in [-0.15, -0.1) is 0 Å². The molecule has 0 atom stereocenters. The van der Waals surface area contributed by atoms with Gasteiger partial charge in [-0.3, -0.25) is 0 Å². The number of rotatable bonds is 5. The number of hydrogen-bond acceptors (Lipinski definition) is 4. The van der Waals surface area contributed by atoms with Crippen LogP contribution in [0.4, 0.5) is 0 Å². The molecule has 0 aliphatic carbocycles. The Morgan fingerprint density at radius 1 is 1.00 bits per heavy atom. The van der Waals surface area contributed by atoms with Crippen molar-refractivity contribution in [2.75, 3.05) is 14.2 Å². The molecule has 2 aromatic carbocycles. The lowest BCUT2D eigenvalue weighted by Gasteiger charge is -2.12. The zero-order chi connectivity index (χ0) is 15.5. The minimum Gasteiger partial charge on any atom is -0.497 e. The number of methoxy groups -OCH3 is 2. The molecule has 0 spiro atoms. The third kappa shape index (κ3) is 3.53. The lowest BCUT2D eigenvalue weighted by Crippen LogP contribution is -2.14. The molecule has 0 aliphatic heterocycles. The van der Waals surface area contributed by atoms with Crippen LogP contribution in [0, 0.1) is 0 Å². The predicted molar refractivity (Wildman–Crippen MR) is 80.2 cm³/mol. The van der Waals surface area contributed by atoms with Gasteiger partial charge in [0.1, 0.15) is 11.5 Å². The van der Waals surface area contributed by atoms with Crippen molar-refractivity contribution in [1.29, 1.82) is 0 Å². The fourth-order valence-corrected chi connectivity index (χ4v) is 2.90. The Hall–Kier alpha value is -2.05. The molecule has 0 heterocycles. The maximum Gasteiger partial charge on any atom is 0.238 e. The summed E-state index contributed by atoms with van der Waals surface area (Å²) in [5.41, 5.74) is 1.48. The lowest BCUT2D eigenvalue weighted by molar-refractivity contribution is 0.391. The lowest BCUT2D eigenvalue weighted by atomic mass is 10.0. The molecule has 21 heavy (non-hydrogen) atoms. The number of nitrogens with two attached hydrogens (primary N) is 1. The Morgan fingerprint density at radius 3 is 2.33 bits per heavy atom. The zero-order valence-electron chi connectivity index (χ0n) is 11.9. The molecule has 0 radical (unpaired) electrons. The molecule has 0 unspecified atom stereocenters. The van der Waals surface area contributed by atoms with E-state index >= 15 is 0 Å². The first-order valence-corrected chi connectivity index (χ1v) is 7.82. The van der Waals surface area contributed by atoms with Gasteiger partial charge in [-0.25, -0.2) is 13.6 Å². The van der Waals surface area contributed by atoms with E-state index in [2.05, 4.69) is 0 Å². The van der Waals surface area contributed by atoms with Crippen molar-refractivity contribution in [3.8, 4) is 11.5 Å². The molecular formula is C15H17NO4S. The quantitative estimate of drug-likeness (QED) is 0.915. The second kappa shape index (κ2) is 6.15. The van der Waals surface area contributed by atoms with Gasteiger partial charge in [0.2, 0.25) is 10.0 Å². The van der Waals surface area contributed by atoms with Gasteiger partial charge in [-0.2, -0.15) is 0 Å². The van der Waals surface area contributed by atoms with Crippen LogP contribution in [0.15, 0.2) is 47.4 Å². The molecular weight excluding hydrogens is 290 g/mol. The summed E-state index contributed by atoms with van der Waals surface area (Å²) in [5.74, 6) is 1.31. The van der Waals surface area contributed by atoms with Crippen LogP contribution in [-0.4, -0.2) is 22.6 Å². The normalized spacial score (nSPS) is 11.2. The van der Waals surface area contributed by atoms with Gasteiger partial charge in [0.05, 0.1) is 19.1 Å². The first kappa shape index (κ1) is 15.3. The summed E-state index contributed by atoms with van der Waals surface area (Å²) in [4.78, 5) is 0.128. The molecule has 0 amide bonds. The highest BCUT2D eigenvalue weighted by atomic mass is 32.2. The molecule has 0 saturated carbocycles. The van der Waals surface area contributed by atoms with Crippen LogP contribution < -0.4 is 14.6 Å². The molecule has 0 fully saturated rings. The van der Waals surface area contributed by atoms with Crippen molar-refractivity contribution < 1.29 is 17.9 Å². The smallest absolute Gasteiger partial charge is 0.238 e. The summed E-state index contributed by atoms with van der Waals surface area (Å²) in [5, 5.41) is 5.25. The van der Waals surface area contributed by atoms with Gasteiger partial charge in [0.25, 0.3) is 0 Å². The highest BCUT2D eigenvalue weighted by Gasteiger charge is 2.15. The molecule has 2 N–H and O–H groups in total. The van der Waals surface area contributed by atoms with Crippen LogP contribution in [-0.2, 0) is 16.4 Å². The van der Waals surface area contributed by atoms with Gasteiger partial charge in [-0.05, 0) is 23.3 Å². The number of ether oxygens (including phenoxy) is 2. The van der Waals surface area contributed by atoms with Crippen LogP contribution in [0.5, 0.6) is 11.5 Å². The van der Waals surface area contributed by atoms with Gasteiger partial charge in [0.15, 0.2) is 0 Å². The second-order valence-electron chi connectivity index (χ2n) is 4.51. The molecule has 5 nitrogen and oxygen atoms in total. The van der Waals surface area contributed by atoms with Gasteiger partial charge >= 0.3 is 0 Å². The van der Waals surface area contributed by atoms with Crippen LogP contribution >= 0.6 is 0 Å². The number of benzene rings is 2. The Kier molecular flexibility index (Phi) is 4.50. The van der Waals surface area contributed by atoms with Crippen LogP contribution in [0.1, 0.15) is 11.1 Å². The number of primary sulfonamides is 1. The van der Waals surface area contributed by atoms with E-state index in [0.717, 1.165) is 5.56 Å². The largest absolute Gasteiger partial charge is 0.497 e. The van der Waals surface area contributed by atoms with E-state index in [0.29, 0.717) is 23.5 Å². The van der Waals surface area contributed by atoms with Crippen LogP contribution in [0.3, 0.4) is 0 Å². The molecule has 2 rings (SSSR count). The minimum absolute atomic E-state index is 0.128. The van der Waals surface area contributed by atoms with E-state index in [1.165, 1.54) is 6.07 Å². The van der Waals surface area contributed by atoms with Gasteiger partial charge in [-0.1, -0.05) is 24.3 Å². The molecule has 0 bridgehead atoms. The second-order valence-corrected chi connectivity index (χ2v) is 6.04. The summed E-state index contributed by atoms with van der Waals surface area (Å²) >= 11 is 0. The van der Waals surface area contributed by atoms with Crippen molar-refractivity contribution in [3.05, 3.63) is 53.6 Å². The molecule has 112 valence electrons. The summed E-state index contributed by atoms with van der Waals surface area (Å²) in [6.45, 7) is 0. The van der Waals surface area contributed by atoms with Gasteiger partial charge in [0, 0.05) is 12.5 Å². The van der Waals surface area contributed by atoms with Crippen molar-refractivity contribution in [2.45, 2.75) is 11.3 Å². The zero-order valence-corrected chi connectivity index (χ0v) is 12.7. The van der Waals surface area contributed by atoms with Crippen molar-refractivity contribution in [2.24, 2.45) is 5.14 Å². The van der Waals surface area contributed by atoms with E-state index in [1.807, 2.05) is 6.07 Å². The Morgan fingerprint density at radius 2 is 1.71 bits per heavy atom. The minimum atomic E-state index is -3.75. The van der Waals surface area contributed by atoms with Crippen LogP contribution in [0.25, 0.3) is 0 Å². The SMILES string of the molecule is COc1ccc(Cc2ccccc2S(N)(=O)=O)c(OC)c1. The van der Waals surface area contributed by atoms with Gasteiger partial charge < -0.3 is 9.47 Å². The Balaban J connectivity index is 2.44. The predicted octanol–water partition coefficient (Wildman–Crippen LogP) is 1.94. The van der Waals surface area contributed by atoms with E-state index in [1.54, 1.807) is 44.6 Å². The number of sulfonamides is 1. The summed E-state index contributed by atoms with van der Waals surface area (Å²) < 4.78 is 33.7. The van der Waals surface area contributed by atoms with Crippen molar-refractivity contribution in [1.82, 2.24) is 0 Å². The highest BCUT2D eigenvalue weighted by Crippen LogP contribution is 2.28. The van der Waals surface area contributed by atoms with E-state index in [-0.39, 0.29) is 4.90 Å². The molecule has 6 heteroatoms. The molecule has 0 aromatic heterocycles. The topological polar surface area (TPSA) is 78.6 Å². The summed E-state index contributed by atoms with van der Waals surface area (Å²) in [6, 6.07) is 12.1. The Labute approximate surface area is 124 Å². The molecule has 0 saturated heterocycles. The summed E-state index contributed by atoms with van der Waals surface area (Å²) in [6.07, 6.45) is 0.403. The Bertz CT molecular complexity index is 741. The molecule has 2 aromatic rings. The third-order valence-electron chi connectivity index (χ3n) is 3.15. The highest BCUT2D eigenvalue weighted by molar-refractivity contribution is 7.89. The van der Waals surface area contributed by atoms with Crippen LogP contribution in [0.2, 0.25) is 0 Å². The first-order valence-electron chi connectivity index (χ1n) is 6.27. The average Bonchev–Trinajstić information content (AvgIpc) is 2.47. The standard InChI is InChI=1S/C15H17NO4S/c1-19-13-8-7-11(14(10-13)20-2)9-12-5-3-4-6-15(12)21(16,17)18/h3-8,10H,9H2,1-2H3,(H2,16,17,18). The van der Waals surface area contributed by atoms with E-state index in [4.69, 9.17) is 14.6 Å². The maximum absolute atomic E-state index is 11.6. The van der Waals surface area contributed by atoms with Crippen molar-refractivity contribution >= 4 is 10.0 Å². The molecule has 0 aliphatic rings. The fourth-order valence-electron chi connectivity index (χ4n) is 2.13. The van der Waals surface area contributed by atoms with E-state index < -0.39 is 10.0 Å². The third-order valence-corrected chi connectivity index (χ3v) is 4.17. The summed E-state index contributed by atoms with van der Waals surface area (Å²) in [7, 11) is -0.618. The maximum atomic E-state index is 11.6. The fraction of sp³-hybridized carbons (Fsp3) is 0.200. The first-order chi connectivity index (χ1) is 9.95. The average molecular weight is 307 g/mol.